The van der Waals surface area contributed by atoms with Gasteiger partial charge in [-0.2, -0.15) is 0 Å². The number of rotatable bonds is 3. The smallest absolute Gasteiger partial charge is 0.221 e. The van der Waals surface area contributed by atoms with Crippen molar-refractivity contribution in [1.29, 1.82) is 0 Å². The molecule has 2 rings (SSSR count). The van der Waals surface area contributed by atoms with Gasteiger partial charge in [0.2, 0.25) is 5.91 Å². The van der Waals surface area contributed by atoms with E-state index in [1.54, 1.807) is 0 Å². The van der Waals surface area contributed by atoms with E-state index in [9.17, 15) is 4.79 Å². The first-order valence-corrected chi connectivity index (χ1v) is 5.67. The van der Waals surface area contributed by atoms with Gasteiger partial charge in [-0.25, -0.2) is 0 Å². The molecule has 2 N–H and O–H groups in total. The quantitative estimate of drug-likeness (QED) is 0.888. The maximum Gasteiger partial charge on any atom is 0.221 e. The van der Waals surface area contributed by atoms with Gasteiger partial charge in [0.25, 0.3) is 0 Å². The van der Waals surface area contributed by atoms with Gasteiger partial charge in [0.15, 0.2) is 0 Å². The Morgan fingerprint density at radius 3 is 2.24 bits per heavy atom. The molecular weight excluding hydrogens is 234 g/mol. The summed E-state index contributed by atoms with van der Waals surface area (Å²) in [5.41, 5.74) is 8.01. The zero-order valence-electron chi connectivity index (χ0n) is 9.19. The van der Waals surface area contributed by atoms with Gasteiger partial charge in [0, 0.05) is 10.6 Å². The van der Waals surface area contributed by atoms with Crippen LogP contribution in [-0.2, 0) is 11.2 Å². The molecule has 0 aliphatic carbocycles. The van der Waals surface area contributed by atoms with E-state index in [0.29, 0.717) is 5.02 Å². The topological polar surface area (TPSA) is 43.1 Å². The summed E-state index contributed by atoms with van der Waals surface area (Å²) in [5.74, 6) is -0.343. The molecule has 0 bridgehead atoms. The van der Waals surface area contributed by atoms with Crippen LogP contribution in [0.3, 0.4) is 0 Å². The van der Waals surface area contributed by atoms with Crippen LogP contribution in [0.25, 0.3) is 11.1 Å². The first-order chi connectivity index (χ1) is 8.18. The molecule has 0 aromatic heterocycles. The summed E-state index contributed by atoms with van der Waals surface area (Å²) < 4.78 is 0. The minimum atomic E-state index is -0.343. The number of amides is 1. The van der Waals surface area contributed by atoms with Crippen LogP contribution in [0.15, 0.2) is 48.5 Å². The van der Waals surface area contributed by atoms with Crippen LogP contribution in [0.2, 0.25) is 5.02 Å². The molecule has 17 heavy (non-hydrogen) atoms. The minimum absolute atomic E-state index is 0.224. The molecule has 0 radical (unpaired) electrons. The molecule has 0 heterocycles. The highest BCUT2D eigenvalue weighted by Crippen LogP contribution is 2.30. The third-order valence-electron chi connectivity index (χ3n) is 2.55. The number of benzene rings is 2. The van der Waals surface area contributed by atoms with Gasteiger partial charge in [0.1, 0.15) is 0 Å². The Balaban J connectivity index is 2.52. The summed E-state index contributed by atoms with van der Waals surface area (Å²) in [7, 11) is 0. The number of hydrogen-bond donors (Lipinski definition) is 1. The standard InChI is InChI=1S/C14H12ClNO/c15-13-8-4-3-7-12(13)11-6-2-1-5-10(11)9-14(16)17/h1-8H,9H2,(H2,16,17). The fraction of sp³-hybridized carbons (Fsp3) is 0.0714. The number of hydrogen-bond acceptors (Lipinski definition) is 1. The summed E-state index contributed by atoms with van der Waals surface area (Å²) in [6, 6.07) is 15.2. The van der Waals surface area contributed by atoms with Crippen molar-refractivity contribution >= 4 is 17.5 Å². The van der Waals surface area contributed by atoms with Crippen molar-refractivity contribution in [1.82, 2.24) is 0 Å². The maximum absolute atomic E-state index is 11.0. The summed E-state index contributed by atoms with van der Waals surface area (Å²) in [4.78, 5) is 11.0. The zero-order valence-corrected chi connectivity index (χ0v) is 9.95. The molecule has 2 nitrogen and oxygen atoms in total. The van der Waals surface area contributed by atoms with Crippen molar-refractivity contribution in [2.75, 3.05) is 0 Å². The van der Waals surface area contributed by atoms with E-state index in [0.717, 1.165) is 16.7 Å². The zero-order chi connectivity index (χ0) is 12.3. The SMILES string of the molecule is NC(=O)Cc1ccccc1-c1ccccc1Cl. The first kappa shape index (κ1) is 11.7. The van der Waals surface area contributed by atoms with Crippen LogP contribution < -0.4 is 5.73 Å². The highest BCUT2D eigenvalue weighted by atomic mass is 35.5. The van der Waals surface area contributed by atoms with E-state index >= 15 is 0 Å². The second-order valence-electron chi connectivity index (χ2n) is 3.78. The number of nitrogens with two attached hydrogens (primary N) is 1. The van der Waals surface area contributed by atoms with Gasteiger partial charge < -0.3 is 5.73 Å². The Morgan fingerprint density at radius 1 is 1.00 bits per heavy atom. The predicted molar refractivity (Wildman–Crippen MR) is 69.8 cm³/mol. The van der Waals surface area contributed by atoms with Crippen LogP contribution in [0.4, 0.5) is 0 Å². The van der Waals surface area contributed by atoms with Gasteiger partial charge in [-0.15, -0.1) is 0 Å². The Kier molecular flexibility index (Phi) is 3.45. The summed E-state index contributed by atoms with van der Waals surface area (Å²) in [6.07, 6.45) is 0.224. The molecule has 1 amide bonds. The normalized spacial score (nSPS) is 10.2. The van der Waals surface area contributed by atoms with Gasteiger partial charge in [-0.05, 0) is 17.2 Å². The van der Waals surface area contributed by atoms with Crippen molar-refractivity contribution in [2.24, 2.45) is 5.73 Å². The molecule has 0 atom stereocenters. The average Bonchev–Trinajstić information content (AvgIpc) is 2.30. The lowest BCUT2D eigenvalue weighted by atomic mass is 9.97. The monoisotopic (exact) mass is 245 g/mol. The fourth-order valence-corrected chi connectivity index (χ4v) is 2.04. The van der Waals surface area contributed by atoms with E-state index in [1.165, 1.54) is 0 Å². The van der Waals surface area contributed by atoms with Gasteiger partial charge >= 0.3 is 0 Å². The van der Waals surface area contributed by atoms with Crippen molar-refractivity contribution < 1.29 is 4.79 Å². The van der Waals surface area contributed by atoms with Gasteiger partial charge in [0.05, 0.1) is 6.42 Å². The van der Waals surface area contributed by atoms with E-state index < -0.39 is 0 Å². The van der Waals surface area contributed by atoms with E-state index in [-0.39, 0.29) is 12.3 Å². The van der Waals surface area contributed by atoms with E-state index in [4.69, 9.17) is 17.3 Å². The second-order valence-corrected chi connectivity index (χ2v) is 4.19. The molecular formula is C14H12ClNO. The Hall–Kier alpha value is -1.80. The van der Waals surface area contributed by atoms with Crippen molar-refractivity contribution in [3.63, 3.8) is 0 Å². The molecule has 0 saturated carbocycles. The molecule has 0 aliphatic heterocycles. The lowest BCUT2D eigenvalue weighted by Gasteiger charge is -2.09. The first-order valence-electron chi connectivity index (χ1n) is 5.29. The van der Waals surface area contributed by atoms with Crippen LogP contribution in [0.5, 0.6) is 0 Å². The molecule has 2 aromatic carbocycles. The lowest BCUT2D eigenvalue weighted by molar-refractivity contribution is -0.117. The minimum Gasteiger partial charge on any atom is -0.369 e. The van der Waals surface area contributed by atoms with Crippen LogP contribution in [0.1, 0.15) is 5.56 Å². The van der Waals surface area contributed by atoms with Crippen molar-refractivity contribution in [3.05, 3.63) is 59.1 Å². The van der Waals surface area contributed by atoms with Crippen LogP contribution in [-0.4, -0.2) is 5.91 Å². The van der Waals surface area contributed by atoms with E-state index in [2.05, 4.69) is 0 Å². The Morgan fingerprint density at radius 2 is 1.59 bits per heavy atom. The summed E-state index contributed by atoms with van der Waals surface area (Å²) in [5, 5.41) is 0.671. The highest BCUT2D eigenvalue weighted by Gasteiger charge is 2.09. The van der Waals surface area contributed by atoms with Crippen LogP contribution in [0, 0.1) is 0 Å². The third-order valence-corrected chi connectivity index (χ3v) is 2.88. The van der Waals surface area contributed by atoms with Gasteiger partial charge in [-0.3, -0.25) is 4.79 Å². The number of primary amides is 1. The molecule has 3 heteroatoms. The Labute approximate surface area is 105 Å². The third kappa shape index (κ3) is 2.66. The number of carbonyl (C=O) groups excluding carboxylic acids is 1. The molecule has 0 aliphatic rings. The highest BCUT2D eigenvalue weighted by molar-refractivity contribution is 6.33. The van der Waals surface area contributed by atoms with Crippen molar-refractivity contribution in [3.8, 4) is 11.1 Å². The van der Waals surface area contributed by atoms with Crippen molar-refractivity contribution in [2.45, 2.75) is 6.42 Å². The van der Waals surface area contributed by atoms with Gasteiger partial charge in [-0.1, -0.05) is 54.1 Å². The molecule has 2 aromatic rings. The molecule has 0 saturated heterocycles. The largest absolute Gasteiger partial charge is 0.369 e. The molecule has 0 unspecified atom stereocenters. The fourth-order valence-electron chi connectivity index (χ4n) is 1.80. The maximum atomic E-state index is 11.0. The molecule has 0 spiro atoms. The predicted octanol–water partition coefficient (Wildman–Crippen LogP) is 3.03. The second kappa shape index (κ2) is 5.02. The number of carbonyl (C=O) groups is 1. The summed E-state index contributed by atoms with van der Waals surface area (Å²) >= 11 is 6.15. The number of halogens is 1. The van der Waals surface area contributed by atoms with E-state index in [1.807, 2.05) is 48.5 Å². The molecule has 86 valence electrons. The lowest BCUT2D eigenvalue weighted by Crippen LogP contribution is -2.14. The molecule has 0 fully saturated rings. The Bertz CT molecular complexity index is 551. The average molecular weight is 246 g/mol. The summed E-state index contributed by atoms with van der Waals surface area (Å²) in [6.45, 7) is 0. The van der Waals surface area contributed by atoms with Crippen LogP contribution >= 0.6 is 11.6 Å².